The van der Waals surface area contributed by atoms with Crippen molar-refractivity contribution in [2.45, 2.75) is 38.5 Å². The van der Waals surface area contributed by atoms with Crippen molar-refractivity contribution in [2.75, 3.05) is 0 Å². The lowest BCUT2D eigenvalue weighted by Crippen LogP contribution is -2.24. The molecule has 2 aromatic rings. The first kappa shape index (κ1) is 18.8. The summed E-state index contributed by atoms with van der Waals surface area (Å²) in [6.45, 7) is 2.02. The first-order valence-electron chi connectivity index (χ1n) is 10.3. The Morgan fingerprint density at radius 1 is 1.00 bits per heavy atom. The van der Waals surface area contributed by atoms with Crippen LogP contribution in [0.2, 0.25) is 5.02 Å². The van der Waals surface area contributed by atoms with Crippen LogP contribution in [0.15, 0.2) is 36.4 Å². The Hall–Kier alpha value is -2.20. The number of ether oxygens (including phenoxy) is 1. The number of aryl methyl sites for hydroxylation is 1. The number of Topliss-reactive ketones (excluding diaryl/α,β-unsaturated/α-hetero) is 2. The van der Waals surface area contributed by atoms with Crippen LogP contribution in [0.1, 0.15) is 43.2 Å². The predicted octanol–water partition coefficient (Wildman–Crippen LogP) is 5.73. The molecule has 150 valence electrons. The molecular formula is C24H22ClFO3. The summed E-state index contributed by atoms with van der Waals surface area (Å²) in [7, 11) is 0. The van der Waals surface area contributed by atoms with Crippen LogP contribution in [0.3, 0.4) is 0 Å². The van der Waals surface area contributed by atoms with Crippen LogP contribution in [0.25, 0.3) is 0 Å². The molecule has 5 atom stereocenters. The fourth-order valence-electron chi connectivity index (χ4n) is 5.85. The van der Waals surface area contributed by atoms with Crippen molar-refractivity contribution in [3.63, 3.8) is 0 Å². The molecule has 3 aliphatic rings. The van der Waals surface area contributed by atoms with E-state index in [2.05, 4.69) is 0 Å². The van der Waals surface area contributed by atoms with Gasteiger partial charge in [-0.1, -0.05) is 24.6 Å². The van der Waals surface area contributed by atoms with Gasteiger partial charge in [0.2, 0.25) is 0 Å². The molecule has 2 aromatic carbocycles. The van der Waals surface area contributed by atoms with E-state index in [0.29, 0.717) is 23.3 Å². The summed E-state index contributed by atoms with van der Waals surface area (Å²) in [5, 5.41) is 0.0303. The number of hydrogen-bond donors (Lipinski definition) is 0. The van der Waals surface area contributed by atoms with E-state index >= 15 is 0 Å². The van der Waals surface area contributed by atoms with Crippen molar-refractivity contribution in [3.8, 4) is 11.5 Å². The maximum Gasteiger partial charge on any atom is 0.151 e. The molecule has 3 aliphatic carbocycles. The van der Waals surface area contributed by atoms with Crippen LogP contribution in [-0.2, 0) is 16.0 Å². The first-order valence-corrected chi connectivity index (χ1v) is 10.7. The molecule has 0 spiro atoms. The number of rotatable bonds is 4. The second-order valence-corrected chi connectivity index (χ2v) is 8.92. The highest BCUT2D eigenvalue weighted by Gasteiger charge is 2.61. The number of hydrogen-bond acceptors (Lipinski definition) is 3. The van der Waals surface area contributed by atoms with Crippen molar-refractivity contribution in [1.82, 2.24) is 0 Å². The van der Waals surface area contributed by atoms with Gasteiger partial charge >= 0.3 is 0 Å². The van der Waals surface area contributed by atoms with Crippen molar-refractivity contribution in [1.29, 1.82) is 0 Å². The molecule has 0 aromatic heterocycles. The second-order valence-electron chi connectivity index (χ2n) is 8.51. The Morgan fingerprint density at radius 2 is 1.62 bits per heavy atom. The van der Waals surface area contributed by atoms with Crippen LogP contribution in [0.4, 0.5) is 4.39 Å². The third-order valence-corrected chi connectivity index (χ3v) is 7.39. The third-order valence-electron chi connectivity index (χ3n) is 7.08. The number of fused-ring (bicyclic) bond motifs is 5. The molecule has 0 saturated heterocycles. The van der Waals surface area contributed by atoms with Gasteiger partial charge in [-0.2, -0.15) is 0 Å². The Bertz CT molecular complexity index is 989. The third kappa shape index (κ3) is 2.92. The van der Waals surface area contributed by atoms with Crippen LogP contribution < -0.4 is 4.74 Å². The van der Waals surface area contributed by atoms with Gasteiger partial charge in [0.05, 0.1) is 5.02 Å². The number of carbonyl (C=O) groups excluding carboxylic acids is 2. The zero-order valence-corrected chi connectivity index (χ0v) is 16.9. The fourth-order valence-corrected chi connectivity index (χ4v) is 5.96. The molecule has 0 amide bonds. The molecule has 5 rings (SSSR count). The average molecular weight is 413 g/mol. The minimum atomic E-state index is -0.686. The Labute approximate surface area is 174 Å². The molecule has 0 aliphatic heterocycles. The number of halogens is 2. The summed E-state index contributed by atoms with van der Waals surface area (Å²) in [5.74, 6) is 0.333. The van der Waals surface area contributed by atoms with E-state index in [1.807, 2.05) is 13.0 Å². The van der Waals surface area contributed by atoms with Gasteiger partial charge in [0.15, 0.2) is 11.6 Å². The lowest BCUT2D eigenvalue weighted by atomic mass is 9.81. The lowest BCUT2D eigenvalue weighted by Gasteiger charge is -2.21. The van der Waals surface area contributed by atoms with Gasteiger partial charge in [0.25, 0.3) is 0 Å². The Morgan fingerprint density at radius 3 is 2.24 bits per heavy atom. The quantitative estimate of drug-likeness (QED) is 0.602. The van der Waals surface area contributed by atoms with Gasteiger partial charge in [0.1, 0.15) is 23.2 Å². The van der Waals surface area contributed by atoms with E-state index in [4.69, 9.17) is 16.3 Å². The molecule has 5 heteroatoms. The molecule has 0 radical (unpaired) electrons. The summed E-state index contributed by atoms with van der Waals surface area (Å²) in [4.78, 5) is 26.6. The molecule has 2 bridgehead atoms. The van der Waals surface area contributed by atoms with E-state index in [-0.39, 0.29) is 28.4 Å². The topological polar surface area (TPSA) is 43.4 Å². The van der Waals surface area contributed by atoms with E-state index in [1.165, 1.54) is 12.1 Å². The molecule has 3 nitrogen and oxygen atoms in total. The molecule has 29 heavy (non-hydrogen) atoms. The molecule has 3 fully saturated rings. The van der Waals surface area contributed by atoms with Gasteiger partial charge in [-0.15, -0.1) is 0 Å². The lowest BCUT2D eigenvalue weighted by molar-refractivity contribution is -0.125. The van der Waals surface area contributed by atoms with E-state index in [1.54, 1.807) is 18.2 Å². The van der Waals surface area contributed by atoms with Gasteiger partial charge in [-0.3, -0.25) is 9.59 Å². The smallest absolute Gasteiger partial charge is 0.151 e. The monoisotopic (exact) mass is 412 g/mol. The maximum absolute atomic E-state index is 13.7. The highest BCUT2D eigenvalue weighted by Crippen LogP contribution is 2.59. The van der Waals surface area contributed by atoms with Crippen molar-refractivity contribution < 1.29 is 18.7 Å². The Kier molecular flexibility index (Phi) is 4.50. The second kappa shape index (κ2) is 6.94. The minimum absolute atomic E-state index is 0.0303. The van der Waals surface area contributed by atoms with Gasteiger partial charge in [-0.25, -0.2) is 4.39 Å². The maximum atomic E-state index is 13.7. The molecule has 1 unspecified atom stereocenters. The standard InChI is InChI=1S/C24H22ClFO3/c1-2-12-5-6-15(29-16-7-8-18(25)19(26)11-16)10-17(12)22-23(27)20-13-3-4-14(9-13)21(20)24(22)28/h5-8,10-11,13-14,20-22H,2-4,9H2,1H3/t13-,14+,20-,21+,22?. The SMILES string of the molecule is CCc1ccc(Oc2ccc(Cl)c(F)c2)cc1C1C(=O)[C@@H]2[C@@H]3CC[C@@H](C3)[C@@H]2C1=O. The van der Waals surface area contributed by atoms with E-state index in [0.717, 1.165) is 36.8 Å². The summed E-state index contributed by atoms with van der Waals surface area (Å²) in [6, 6.07) is 9.74. The average Bonchev–Trinajstić information content (AvgIpc) is 3.39. The fraction of sp³-hybridized carbons (Fsp3) is 0.417. The molecule has 3 saturated carbocycles. The van der Waals surface area contributed by atoms with Crippen molar-refractivity contribution in [3.05, 3.63) is 58.4 Å². The first-order chi connectivity index (χ1) is 14.0. The van der Waals surface area contributed by atoms with Crippen LogP contribution >= 0.6 is 11.6 Å². The normalized spacial score (nSPS) is 30.1. The molecular weight excluding hydrogens is 391 g/mol. The van der Waals surface area contributed by atoms with E-state index < -0.39 is 11.7 Å². The highest BCUT2D eigenvalue weighted by molar-refractivity contribution is 6.30. The summed E-state index contributed by atoms with van der Waals surface area (Å²) < 4.78 is 19.5. The van der Waals surface area contributed by atoms with Gasteiger partial charge in [-0.05, 0) is 72.9 Å². The van der Waals surface area contributed by atoms with Gasteiger partial charge < -0.3 is 4.74 Å². The molecule has 0 N–H and O–H groups in total. The van der Waals surface area contributed by atoms with E-state index in [9.17, 15) is 14.0 Å². The zero-order valence-electron chi connectivity index (χ0n) is 16.2. The predicted molar refractivity (Wildman–Crippen MR) is 108 cm³/mol. The number of carbonyl (C=O) groups is 2. The van der Waals surface area contributed by atoms with Crippen LogP contribution in [0.5, 0.6) is 11.5 Å². The van der Waals surface area contributed by atoms with Crippen LogP contribution in [-0.4, -0.2) is 11.6 Å². The number of ketones is 2. The summed E-state index contributed by atoms with van der Waals surface area (Å²) >= 11 is 5.74. The zero-order chi connectivity index (χ0) is 20.3. The highest BCUT2D eigenvalue weighted by atomic mass is 35.5. The summed E-state index contributed by atoms with van der Waals surface area (Å²) in [5.41, 5.74) is 1.74. The minimum Gasteiger partial charge on any atom is -0.457 e. The van der Waals surface area contributed by atoms with Crippen LogP contribution in [0, 0.1) is 29.5 Å². The largest absolute Gasteiger partial charge is 0.457 e. The van der Waals surface area contributed by atoms with Gasteiger partial charge in [0, 0.05) is 17.9 Å². The Balaban J connectivity index is 1.49. The summed E-state index contributed by atoms with van der Waals surface area (Å²) in [6.07, 6.45) is 3.91. The van der Waals surface area contributed by atoms with Crippen molar-refractivity contribution >= 4 is 23.2 Å². The number of benzene rings is 2. The van der Waals surface area contributed by atoms with Crippen molar-refractivity contribution in [2.24, 2.45) is 23.7 Å². The molecule has 0 heterocycles.